The number of likely N-dealkylation sites (tertiary alicyclic amines) is 1. The Morgan fingerprint density at radius 1 is 1.71 bits per heavy atom. The second-order valence-corrected chi connectivity index (χ2v) is 4.57. The van der Waals surface area contributed by atoms with Gasteiger partial charge in [0.05, 0.1) is 18.6 Å². The van der Waals surface area contributed by atoms with E-state index in [4.69, 9.17) is 0 Å². The van der Waals surface area contributed by atoms with Gasteiger partial charge in [-0.2, -0.15) is 0 Å². The van der Waals surface area contributed by atoms with E-state index in [2.05, 4.69) is 0 Å². The van der Waals surface area contributed by atoms with E-state index in [1.54, 1.807) is 16.2 Å². The minimum Gasteiger partial charge on any atom is -0.391 e. The lowest BCUT2D eigenvalue weighted by molar-refractivity contribution is -0.129. The molecule has 1 fully saturated rings. The monoisotopic (exact) mass is 211 g/mol. The van der Waals surface area contributed by atoms with E-state index in [9.17, 15) is 9.90 Å². The Kier molecular flexibility index (Phi) is 2.56. The molecule has 0 bridgehead atoms. The molecule has 1 N–H and O–H groups in total. The van der Waals surface area contributed by atoms with Crippen LogP contribution in [-0.4, -0.2) is 28.6 Å². The molecule has 1 aromatic rings. The Hall–Kier alpha value is -0.870. The molecule has 76 valence electrons. The van der Waals surface area contributed by atoms with Crippen molar-refractivity contribution in [1.82, 2.24) is 4.90 Å². The van der Waals surface area contributed by atoms with Crippen LogP contribution in [0.4, 0.5) is 0 Å². The minimum absolute atomic E-state index is 0.0541. The van der Waals surface area contributed by atoms with Crippen molar-refractivity contribution < 1.29 is 9.90 Å². The molecule has 1 aromatic heterocycles. The molecule has 0 radical (unpaired) electrons. The quantitative estimate of drug-likeness (QED) is 0.803. The number of aliphatic hydroxyl groups is 1. The van der Waals surface area contributed by atoms with Crippen molar-refractivity contribution in [1.29, 1.82) is 0 Å². The van der Waals surface area contributed by atoms with Crippen molar-refractivity contribution in [3.63, 3.8) is 0 Å². The first-order valence-corrected chi connectivity index (χ1v) is 5.57. The highest BCUT2D eigenvalue weighted by Crippen LogP contribution is 2.28. The lowest BCUT2D eigenvalue weighted by Gasteiger charge is -2.23. The highest BCUT2D eigenvalue weighted by Gasteiger charge is 2.32. The lowest BCUT2D eigenvalue weighted by atomic mass is 10.2. The van der Waals surface area contributed by atoms with Gasteiger partial charge in [-0.25, -0.2) is 0 Å². The van der Waals surface area contributed by atoms with Gasteiger partial charge in [-0.05, 0) is 18.4 Å². The number of nitrogens with zero attached hydrogens (tertiary/aromatic N) is 1. The van der Waals surface area contributed by atoms with E-state index in [1.807, 2.05) is 24.4 Å². The van der Waals surface area contributed by atoms with Crippen LogP contribution >= 0.6 is 11.3 Å². The van der Waals surface area contributed by atoms with Gasteiger partial charge in [0.2, 0.25) is 5.91 Å². The molecular weight excluding hydrogens is 198 g/mol. The number of thiophene rings is 1. The standard InChI is InChI=1S/C10H13NO2S/c1-7(9-3-2-4-14-9)11-6-8(12)5-10(11)13/h2-4,7-8,12H,5-6H2,1H3. The molecule has 1 aliphatic rings. The van der Waals surface area contributed by atoms with Gasteiger partial charge in [0.25, 0.3) is 0 Å². The first-order chi connectivity index (χ1) is 6.68. The van der Waals surface area contributed by atoms with Gasteiger partial charge < -0.3 is 10.0 Å². The smallest absolute Gasteiger partial charge is 0.225 e. The summed E-state index contributed by atoms with van der Waals surface area (Å²) < 4.78 is 0. The molecule has 3 nitrogen and oxygen atoms in total. The Balaban J connectivity index is 2.12. The number of β-amino-alcohol motifs (C(OH)–C–C–N with tert-alkyl or cyclic N) is 1. The van der Waals surface area contributed by atoms with E-state index in [1.165, 1.54) is 4.88 Å². The topological polar surface area (TPSA) is 40.5 Å². The van der Waals surface area contributed by atoms with Gasteiger partial charge >= 0.3 is 0 Å². The zero-order chi connectivity index (χ0) is 10.1. The summed E-state index contributed by atoms with van der Waals surface area (Å²) in [6.45, 7) is 2.47. The number of hydrogen-bond donors (Lipinski definition) is 1. The first kappa shape index (κ1) is 9.68. The summed E-state index contributed by atoms with van der Waals surface area (Å²) in [6.07, 6.45) is -0.208. The van der Waals surface area contributed by atoms with Crippen LogP contribution in [0.2, 0.25) is 0 Å². The van der Waals surface area contributed by atoms with Gasteiger partial charge in [0.15, 0.2) is 0 Å². The summed E-state index contributed by atoms with van der Waals surface area (Å²) in [4.78, 5) is 14.4. The van der Waals surface area contributed by atoms with Gasteiger partial charge in [0.1, 0.15) is 0 Å². The summed E-state index contributed by atoms with van der Waals surface area (Å²) >= 11 is 1.65. The summed E-state index contributed by atoms with van der Waals surface area (Å²) in [5, 5.41) is 11.4. The van der Waals surface area contributed by atoms with Crippen LogP contribution < -0.4 is 0 Å². The fourth-order valence-electron chi connectivity index (χ4n) is 1.77. The fourth-order valence-corrected chi connectivity index (χ4v) is 2.56. The molecule has 0 saturated carbocycles. The van der Waals surface area contributed by atoms with Crippen LogP contribution in [0.1, 0.15) is 24.3 Å². The Morgan fingerprint density at radius 3 is 3.00 bits per heavy atom. The maximum atomic E-state index is 11.5. The third-order valence-corrected chi connectivity index (χ3v) is 3.60. The third kappa shape index (κ3) is 1.67. The first-order valence-electron chi connectivity index (χ1n) is 4.69. The second-order valence-electron chi connectivity index (χ2n) is 3.60. The van der Waals surface area contributed by atoms with Crippen molar-refractivity contribution >= 4 is 17.2 Å². The Labute approximate surface area is 87.0 Å². The summed E-state index contributed by atoms with van der Waals surface area (Å²) in [7, 11) is 0. The van der Waals surface area contributed by atoms with Crippen LogP contribution in [0.5, 0.6) is 0 Å². The molecule has 0 aliphatic carbocycles. The van der Waals surface area contributed by atoms with E-state index >= 15 is 0 Å². The maximum absolute atomic E-state index is 11.5. The van der Waals surface area contributed by atoms with Gasteiger partial charge in [-0.3, -0.25) is 4.79 Å². The summed E-state index contributed by atoms with van der Waals surface area (Å²) in [5.74, 6) is 0.0541. The molecule has 2 atom stereocenters. The number of rotatable bonds is 2. The van der Waals surface area contributed by atoms with Crippen LogP contribution in [0.3, 0.4) is 0 Å². The SMILES string of the molecule is CC(c1cccs1)N1CC(O)CC1=O. The molecule has 1 amide bonds. The number of hydrogen-bond acceptors (Lipinski definition) is 3. The minimum atomic E-state index is -0.482. The van der Waals surface area contributed by atoms with E-state index < -0.39 is 6.10 Å². The third-order valence-electron chi connectivity index (χ3n) is 2.56. The van der Waals surface area contributed by atoms with Crippen molar-refractivity contribution in [3.05, 3.63) is 22.4 Å². The molecule has 0 spiro atoms. The predicted molar refractivity (Wildman–Crippen MR) is 55.1 cm³/mol. The molecule has 2 unspecified atom stereocenters. The average Bonchev–Trinajstić information content (AvgIpc) is 2.73. The zero-order valence-corrected chi connectivity index (χ0v) is 8.83. The summed E-state index contributed by atoms with van der Waals surface area (Å²) in [5.41, 5.74) is 0. The van der Waals surface area contributed by atoms with Gasteiger partial charge in [0, 0.05) is 11.4 Å². The molecule has 1 saturated heterocycles. The van der Waals surface area contributed by atoms with Gasteiger partial charge in [-0.1, -0.05) is 6.07 Å². The molecule has 2 heterocycles. The predicted octanol–water partition coefficient (Wildman–Crippen LogP) is 1.40. The molecule has 14 heavy (non-hydrogen) atoms. The number of amides is 1. The summed E-state index contributed by atoms with van der Waals surface area (Å²) in [6, 6.07) is 4.10. The van der Waals surface area contributed by atoms with Crippen LogP contribution in [0.15, 0.2) is 17.5 Å². The molecule has 0 aromatic carbocycles. The van der Waals surface area contributed by atoms with Crippen LogP contribution in [0, 0.1) is 0 Å². The van der Waals surface area contributed by atoms with Crippen LogP contribution in [0.25, 0.3) is 0 Å². The van der Waals surface area contributed by atoms with E-state index in [0.29, 0.717) is 6.54 Å². The van der Waals surface area contributed by atoms with E-state index in [0.717, 1.165) is 0 Å². The average molecular weight is 211 g/mol. The highest BCUT2D eigenvalue weighted by molar-refractivity contribution is 7.10. The number of carbonyl (C=O) groups is 1. The maximum Gasteiger partial charge on any atom is 0.225 e. The zero-order valence-electron chi connectivity index (χ0n) is 8.01. The number of aliphatic hydroxyl groups excluding tert-OH is 1. The van der Waals surface area contributed by atoms with Crippen molar-refractivity contribution in [2.45, 2.75) is 25.5 Å². The molecule has 2 rings (SSSR count). The normalized spacial score (nSPS) is 24.3. The second kappa shape index (κ2) is 3.71. The Bertz CT molecular complexity index is 323. The van der Waals surface area contributed by atoms with Crippen molar-refractivity contribution in [3.8, 4) is 0 Å². The van der Waals surface area contributed by atoms with Gasteiger partial charge in [-0.15, -0.1) is 11.3 Å². The lowest BCUT2D eigenvalue weighted by Crippen LogP contribution is -2.28. The fraction of sp³-hybridized carbons (Fsp3) is 0.500. The molecule has 1 aliphatic heterocycles. The molecular formula is C10H13NO2S. The molecule has 4 heteroatoms. The largest absolute Gasteiger partial charge is 0.391 e. The Morgan fingerprint density at radius 2 is 2.50 bits per heavy atom. The van der Waals surface area contributed by atoms with Crippen molar-refractivity contribution in [2.75, 3.05) is 6.54 Å². The number of carbonyl (C=O) groups excluding carboxylic acids is 1. The highest BCUT2D eigenvalue weighted by atomic mass is 32.1. The van der Waals surface area contributed by atoms with Crippen molar-refractivity contribution in [2.24, 2.45) is 0 Å². The van der Waals surface area contributed by atoms with E-state index in [-0.39, 0.29) is 18.4 Å². The van der Waals surface area contributed by atoms with Crippen LogP contribution in [-0.2, 0) is 4.79 Å².